The van der Waals surface area contributed by atoms with Crippen LogP contribution in [0, 0.1) is 6.92 Å². The lowest BCUT2D eigenvalue weighted by atomic mass is 9.96. The molecule has 0 aliphatic heterocycles. The summed E-state index contributed by atoms with van der Waals surface area (Å²) in [6.07, 6.45) is 3.94. The van der Waals surface area contributed by atoms with Gasteiger partial charge >= 0.3 is 0 Å². The van der Waals surface area contributed by atoms with Gasteiger partial charge in [0.15, 0.2) is 0 Å². The molecule has 1 aliphatic carbocycles. The van der Waals surface area contributed by atoms with Crippen molar-refractivity contribution in [3.8, 4) is 0 Å². The van der Waals surface area contributed by atoms with Crippen LogP contribution in [0.1, 0.15) is 36.8 Å². The maximum atomic E-state index is 8.67. The molecule has 0 unspecified atom stereocenters. The van der Waals surface area contributed by atoms with Gasteiger partial charge in [-0.25, -0.2) is 0 Å². The quantitative estimate of drug-likeness (QED) is 0.643. The van der Waals surface area contributed by atoms with Gasteiger partial charge in [0, 0.05) is 0 Å². The number of hydrogen-bond donors (Lipinski definition) is 1. The molecule has 1 fully saturated rings. The van der Waals surface area contributed by atoms with Crippen molar-refractivity contribution in [2.75, 3.05) is 0 Å². The number of oxime groups is 1. The van der Waals surface area contributed by atoms with Crippen molar-refractivity contribution in [3.63, 3.8) is 0 Å². The Bertz CT molecular complexity index is 391. The summed E-state index contributed by atoms with van der Waals surface area (Å²) in [5.74, 6) is 0. The Kier molecular flexibility index (Phi) is 4.15. The van der Waals surface area contributed by atoms with Crippen LogP contribution in [-0.2, 0) is 11.3 Å². The van der Waals surface area contributed by atoms with E-state index in [-0.39, 0.29) is 0 Å². The van der Waals surface area contributed by atoms with Crippen molar-refractivity contribution >= 4 is 5.71 Å². The number of hydrogen-bond acceptors (Lipinski definition) is 3. The molecular formula is C14H19NO2. The Morgan fingerprint density at radius 2 is 2.00 bits per heavy atom. The molecule has 0 atom stereocenters. The highest BCUT2D eigenvalue weighted by Crippen LogP contribution is 2.20. The minimum Gasteiger partial charge on any atom is -0.411 e. The third-order valence-electron chi connectivity index (χ3n) is 3.39. The highest BCUT2D eigenvalue weighted by Gasteiger charge is 2.18. The van der Waals surface area contributed by atoms with Crippen LogP contribution >= 0.6 is 0 Å². The number of benzene rings is 1. The average molecular weight is 233 g/mol. The third-order valence-corrected chi connectivity index (χ3v) is 3.39. The van der Waals surface area contributed by atoms with Gasteiger partial charge in [-0.3, -0.25) is 0 Å². The molecule has 17 heavy (non-hydrogen) atoms. The molecule has 1 aromatic rings. The fourth-order valence-corrected chi connectivity index (χ4v) is 2.17. The maximum Gasteiger partial charge on any atom is 0.0723 e. The molecule has 1 aromatic carbocycles. The van der Waals surface area contributed by atoms with Crippen molar-refractivity contribution in [1.82, 2.24) is 0 Å². The first-order valence-electron chi connectivity index (χ1n) is 6.15. The summed E-state index contributed by atoms with van der Waals surface area (Å²) in [7, 11) is 0. The molecule has 0 radical (unpaired) electrons. The number of rotatable bonds is 3. The van der Waals surface area contributed by atoms with Crippen molar-refractivity contribution in [1.29, 1.82) is 0 Å². The van der Waals surface area contributed by atoms with Gasteiger partial charge in [-0.1, -0.05) is 29.4 Å². The summed E-state index contributed by atoms with van der Waals surface area (Å²) < 4.78 is 5.91. The molecule has 1 aliphatic rings. The van der Waals surface area contributed by atoms with Gasteiger partial charge in [0.25, 0.3) is 0 Å². The van der Waals surface area contributed by atoms with E-state index in [2.05, 4.69) is 24.2 Å². The zero-order valence-corrected chi connectivity index (χ0v) is 10.2. The van der Waals surface area contributed by atoms with Gasteiger partial charge in [0.1, 0.15) is 0 Å². The second-order valence-electron chi connectivity index (χ2n) is 4.60. The van der Waals surface area contributed by atoms with Gasteiger partial charge < -0.3 is 9.94 Å². The van der Waals surface area contributed by atoms with Gasteiger partial charge in [-0.05, 0) is 43.7 Å². The minimum atomic E-state index is 0.306. The lowest BCUT2D eigenvalue weighted by Gasteiger charge is -2.23. The molecule has 0 amide bonds. The maximum absolute atomic E-state index is 8.67. The average Bonchev–Trinajstić information content (AvgIpc) is 2.38. The normalized spacial score (nSPS) is 20.3. The summed E-state index contributed by atoms with van der Waals surface area (Å²) >= 11 is 0. The molecule has 92 valence electrons. The molecule has 0 spiro atoms. The molecule has 0 heterocycles. The Labute approximate surface area is 102 Å². The van der Waals surface area contributed by atoms with Gasteiger partial charge in [-0.15, -0.1) is 0 Å². The lowest BCUT2D eigenvalue weighted by Crippen LogP contribution is -2.21. The van der Waals surface area contributed by atoms with Crippen LogP contribution in [-0.4, -0.2) is 17.0 Å². The van der Waals surface area contributed by atoms with Crippen molar-refractivity contribution in [2.45, 2.75) is 45.3 Å². The SMILES string of the molecule is Cc1ccccc1COC1CCC(=NO)CC1. The van der Waals surface area contributed by atoms with Gasteiger partial charge in [0.2, 0.25) is 0 Å². The van der Waals surface area contributed by atoms with E-state index in [0.717, 1.165) is 31.4 Å². The first-order valence-corrected chi connectivity index (χ1v) is 6.15. The summed E-state index contributed by atoms with van der Waals surface area (Å²) in [6, 6.07) is 8.31. The molecule has 1 saturated carbocycles. The van der Waals surface area contributed by atoms with E-state index in [1.165, 1.54) is 11.1 Å². The zero-order valence-electron chi connectivity index (χ0n) is 10.2. The first-order chi connectivity index (χ1) is 8.29. The monoisotopic (exact) mass is 233 g/mol. The predicted octanol–water partition coefficient (Wildman–Crippen LogP) is 3.28. The largest absolute Gasteiger partial charge is 0.411 e. The van der Waals surface area contributed by atoms with E-state index in [4.69, 9.17) is 9.94 Å². The molecule has 0 saturated heterocycles. The number of nitrogens with zero attached hydrogens (tertiary/aromatic N) is 1. The highest BCUT2D eigenvalue weighted by atomic mass is 16.5. The van der Waals surface area contributed by atoms with Crippen LogP contribution in [0.4, 0.5) is 0 Å². The van der Waals surface area contributed by atoms with Gasteiger partial charge in [0.05, 0.1) is 18.4 Å². The van der Waals surface area contributed by atoms with E-state index in [1.807, 2.05) is 12.1 Å². The molecule has 0 aromatic heterocycles. The fourth-order valence-electron chi connectivity index (χ4n) is 2.17. The molecule has 2 rings (SSSR count). The Morgan fingerprint density at radius 1 is 1.29 bits per heavy atom. The van der Waals surface area contributed by atoms with Crippen LogP contribution in [0.2, 0.25) is 0 Å². The second-order valence-corrected chi connectivity index (χ2v) is 4.60. The van der Waals surface area contributed by atoms with E-state index >= 15 is 0 Å². The van der Waals surface area contributed by atoms with E-state index in [1.54, 1.807) is 0 Å². The van der Waals surface area contributed by atoms with Crippen LogP contribution in [0.15, 0.2) is 29.4 Å². The summed E-state index contributed by atoms with van der Waals surface area (Å²) in [6.45, 7) is 2.79. The summed E-state index contributed by atoms with van der Waals surface area (Å²) in [4.78, 5) is 0. The standard InChI is InChI=1S/C14H19NO2/c1-11-4-2-3-5-12(11)10-17-14-8-6-13(15-16)7-9-14/h2-5,14,16H,6-10H2,1H3. The zero-order chi connectivity index (χ0) is 12.1. The van der Waals surface area contributed by atoms with Crippen LogP contribution in [0.3, 0.4) is 0 Å². The number of aryl methyl sites for hydroxylation is 1. The fraction of sp³-hybridized carbons (Fsp3) is 0.500. The molecule has 0 bridgehead atoms. The summed E-state index contributed by atoms with van der Waals surface area (Å²) in [5, 5.41) is 11.9. The first kappa shape index (κ1) is 12.1. The molecule has 3 heteroatoms. The second kappa shape index (κ2) is 5.82. The highest BCUT2D eigenvalue weighted by molar-refractivity contribution is 5.84. The Morgan fingerprint density at radius 3 is 2.65 bits per heavy atom. The third kappa shape index (κ3) is 3.30. The topological polar surface area (TPSA) is 41.8 Å². The van der Waals surface area contributed by atoms with E-state index < -0.39 is 0 Å². The van der Waals surface area contributed by atoms with Crippen LogP contribution in [0.5, 0.6) is 0 Å². The summed E-state index contributed by atoms with van der Waals surface area (Å²) in [5.41, 5.74) is 3.44. The Hall–Kier alpha value is -1.35. The number of ether oxygens (including phenoxy) is 1. The Balaban J connectivity index is 1.82. The van der Waals surface area contributed by atoms with E-state index in [0.29, 0.717) is 12.7 Å². The van der Waals surface area contributed by atoms with Crippen LogP contribution < -0.4 is 0 Å². The van der Waals surface area contributed by atoms with Crippen LogP contribution in [0.25, 0.3) is 0 Å². The molecular weight excluding hydrogens is 214 g/mol. The van der Waals surface area contributed by atoms with Crippen molar-refractivity contribution in [3.05, 3.63) is 35.4 Å². The predicted molar refractivity (Wildman–Crippen MR) is 67.4 cm³/mol. The van der Waals surface area contributed by atoms with Crippen molar-refractivity contribution < 1.29 is 9.94 Å². The van der Waals surface area contributed by atoms with Crippen molar-refractivity contribution in [2.24, 2.45) is 5.16 Å². The molecule has 1 N–H and O–H groups in total. The van der Waals surface area contributed by atoms with Gasteiger partial charge in [-0.2, -0.15) is 0 Å². The minimum absolute atomic E-state index is 0.306. The molecule has 3 nitrogen and oxygen atoms in total. The van der Waals surface area contributed by atoms with E-state index in [9.17, 15) is 0 Å². The smallest absolute Gasteiger partial charge is 0.0723 e. The lowest BCUT2D eigenvalue weighted by molar-refractivity contribution is 0.0275.